The molecule has 7 heteroatoms. The molecule has 0 saturated carbocycles. The Morgan fingerprint density at radius 1 is 1.43 bits per heavy atom. The third kappa shape index (κ3) is 3.95. The number of carbonyl (C=O) groups excluding carboxylic acids is 2. The van der Waals surface area contributed by atoms with Crippen LogP contribution in [0.5, 0.6) is 5.75 Å². The van der Waals surface area contributed by atoms with Gasteiger partial charge in [0.2, 0.25) is 11.8 Å². The van der Waals surface area contributed by atoms with Gasteiger partial charge in [0.1, 0.15) is 10.1 Å². The molecule has 0 aliphatic carbocycles. The molecule has 1 atom stereocenters. The molecule has 2 rings (SSSR count). The van der Waals surface area contributed by atoms with E-state index in [0.717, 1.165) is 5.75 Å². The number of nitrogens with zero attached hydrogens (tertiary/aromatic N) is 1. The summed E-state index contributed by atoms with van der Waals surface area (Å²) in [5, 5.41) is 2.62. The van der Waals surface area contributed by atoms with Crippen molar-refractivity contribution >= 4 is 45.8 Å². The van der Waals surface area contributed by atoms with Crippen LogP contribution in [-0.2, 0) is 9.59 Å². The van der Waals surface area contributed by atoms with Gasteiger partial charge in [-0.1, -0.05) is 24.0 Å². The lowest BCUT2D eigenvalue weighted by Crippen LogP contribution is -2.33. The standard InChI is InChI=1S/C14H16N2O3S2/c1-9-13(18)16(14(20)21-9)8-7-12(17)15-10-3-5-11(19-2)6-4-10/h3-6,9H,7-8H2,1-2H3,(H,15,17). The zero-order chi connectivity index (χ0) is 15.4. The minimum Gasteiger partial charge on any atom is -0.497 e. The maximum absolute atomic E-state index is 11.9. The van der Waals surface area contributed by atoms with Crippen LogP contribution < -0.4 is 10.1 Å². The number of thiocarbonyl (C=S) groups is 1. The molecule has 112 valence electrons. The van der Waals surface area contributed by atoms with Crippen LogP contribution in [0.1, 0.15) is 13.3 Å². The van der Waals surface area contributed by atoms with Gasteiger partial charge in [-0.25, -0.2) is 0 Å². The number of thioether (sulfide) groups is 1. The largest absolute Gasteiger partial charge is 0.497 e. The summed E-state index contributed by atoms with van der Waals surface area (Å²) in [5.74, 6) is 0.551. The number of amides is 2. The Morgan fingerprint density at radius 3 is 2.62 bits per heavy atom. The lowest BCUT2D eigenvalue weighted by molar-refractivity contribution is -0.126. The molecule has 1 heterocycles. The van der Waals surface area contributed by atoms with Gasteiger partial charge >= 0.3 is 0 Å². The Morgan fingerprint density at radius 2 is 2.10 bits per heavy atom. The zero-order valence-electron chi connectivity index (χ0n) is 11.8. The van der Waals surface area contributed by atoms with E-state index in [1.165, 1.54) is 16.7 Å². The van der Waals surface area contributed by atoms with E-state index in [0.29, 0.717) is 16.6 Å². The van der Waals surface area contributed by atoms with Crippen LogP contribution in [-0.4, -0.2) is 39.9 Å². The maximum Gasteiger partial charge on any atom is 0.241 e. The van der Waals surface area contributed by atoms with E-state index in [4.69, 9.17) is 17.0 Å². The lowest BCUT2D eigenvalue weighted by Gasteiger charge is -2.14. The van der Waals surface area contributed by atoms with Crippen molar-refractivity contribution in [3.05, 3.63) is 24.3 Å². The van der Waals surface area contributed by atoms with E-state index in [2.05, 4.69) is 5.32 Å². The van der Waals surface area contributed by atoms with Gasteiger partial charge in [-0.2, -0.15) is 0 Å². The highest BCUT2D eigenvalue weighted by molar-refractivity contribution is 8.24. The SMILES string of the molecule is COc1ccc(NC(=O)CCN2C(=O)C(C)SC2=S)cc1. The summed E-state index contributed by atoms with van der Waals surface area (Å²) in [7, 11) is 1.59. The number of anilines is 1. The number of ether oxygens (including phenoxy) is 1. The molecular weight excluding hydrogens is 308 g/mol. The molecule has 1 aromatic rings. The Balaban J connectivity index is 1.84. The number of carbonyl (C=O) groups is 2. The van der Waals surface area contributed by atoms with E-state index in [9.17, 15) is 9.59 Å². The van der Waals surface area contributed by atoms with E-state index in [1.807, 2.05) is 6.92 Å². The maximum atomic E-state index is 11.9. The van der Waals surface area contributed by atoms with Crippen LogP contribution in [0.3, 0.4) is 0 Å². The van der Waals surface area contributed by atoms with Crippen LogP contribution in [0.25, 0.3) is 0 Å². The topological polar surface area (TPSA) is 58.6 Å². The Bertz CT molecular complexity index is 560. The van der Waals surface area contributed by atoms with Crippen LogP contribution >= 0.6 is 24.0 Å². The van der Waals surface area contributed by atoms with Crippen LogP contribution in [0.4, 0.5) is 5.69 Å². The number of hydrogen-bond acceptors (Lipinski definition) is 5. The molecule has 1 aromatic carbocycles. The molecule has 1 aliphatic heterocycles. The Hall–Kier alpha value is -1.60. The van der Waals surface area contributed by atoms with Crippen molar-refractivity contribution in [3.8, 4) is 5.75 Å². The summed E-state index contributed by atoms with van der Waals surface area (Å²) < 4.78 is 5.60. The fourth-order valence-electron chi connectivity index (χ4n) is 1.89. The summed E-state index contributed by atoms with van der Waals surface area (Å²) >= 11 is 6.49. The number of methoxy groups -OCH3 is 1. The van der Waals surface area contributed by atoms with Gasteiger partial charge in [0.15, 0.2) is 0 Å². The molecule has 21 heavy (non-hydrogen) atoms. The third-order valence-corrected chi connectivity index (χ3v) is 4.53. The zero-order valence-corrected chi connectivity index (χ0v) is 13.4. The van der Waals surface area contributed by atoms with Crippen LogP contribution in [0, 0.1) is 0 Å². The highest BCUT2D eigenvalue weighted by Crippen LogP contribution is 2.26. The summed E-state index contributed by atoms with van der Waals surface area (Å²) in [6.45, 7) is 2.13. The summed E-state index contributed by atoms with van der Waals surface area (Å²) in [4.78, 5) is 25.2. The number of rotatable bonds is 5. The van der Waals surface area contributed by atoms with Gasteiger partial charge in [0.25, 0.3) is 0 Å². The molecule has 1 aliphatic rings. The molecule has 1 N–H and O–H groups in total. The first-order valence-electron chi connectivity index (χ1n) is 6.47. The first-order chi connectivity index (χ1) is 10.0. The van der Waals surface area contributed by atoms with Crippen LogP contribution in [0.15, 0.2) is 24.3 Å². The van der Waals surface area contributed by atoms with Crippen molar-refractivity contribution in [1.82, 2.24) is 4.90 Å². The lowest BCUT2D eigenvalue weighted by atomic mass is 10.3. The van der Waals surface area contributed by atoms with Crippen molar-refractivity contribution in [1.29, 1.82) is 0 Å². The molecular formula is C14H16N2O3S2. The van der Waals surface area contributed by atoms with Gasteiger partial charge in [-0.3, -0.25) is 14.5 Å². The normalized spacial score (nSPS) is 18.0. The molecule has 2 amide bonds. The first-order valence-corrected chi connectivity index (χ1v) is 7.76. The Kier molecular flexibility index (Phi) is 5.19. The molecule has 0 spiro atoms. The van der Waals surface area contributed by atoms with Gasteiger partial charge in [0, 0.05) is 18.7 Å². The fraction of sp³-hybridized carbons (Fsp3) is 0.357. The Labute approximate surface area is 133 Å². The van der Waals surface area contributed by atoms with Crippen molar-refractivity contribution in [3.63, 3.8) is 0 Å². The summed E-state index contributed by atoms with van der Waals surface area (Å²) in [6, 6.07) is 7.07. The van der Waals surface area contributed by atoms with Crippen LogP contribution in [0.2, 0.25) is 0 Å². The quantitative estimate of drug-likeness (QED) is 0.842. The van der Waals surface area contributed by atoms with Crippen molar-refractivity contribution in [2.45, 2.75) is 18.6 Å². The molecule has 1 saturated heterocycles. The second kappa shape index (κ2) is 6.91. The molecule has 0 aromatic heterocycles. The van der Waals surface area contributed by atoms with Gasteiger partial charge in [-0.05, 0) is 31.2 Å². The number of nitrogens with one attached hydrogen (secondary N) is 1. The predicted octanol–water partition coefficient (Wildman–Crippen LogP) is 2.27. The van der Waals surface area contributed by atoms with Gasteiger partial charge < -0.3 is 10.1 Å². The van der Waals surface area contributed by atoms with Gasteiger partial charge in [-0.15, -0.1) is 0 Å². The molecule has 0 radical (unpaired) electrons. The monoisotopic (exact) mass is 324 g/mol. The average Bonchev–Trinajstić information content (AvgIpc) is 2.71. The van der Waals surface area contributed by atoms with E-state index < -0.39 is 0 Å². The minimum absolute atomic E-state index is 0.0257. The third-order valence-electron chi connectivity index (χ3n) is 3.05. The van der Waals surface area contributed by atoms with E-state index >= 15 is 0 Å². The van der Waals surface area contributed by atoms with Crippen molar-refractivity contribution in [2.24, 2.45) is 0 Å². The van der Waals surface area contributed by atoms with Crippen molar-refractivity contribution < 1.29 is 14.3 Å². The summed E-state index contributed by atoms with van der Waals surface area (Å²) in [6.07, 6.45) is 0.213. The predicted molar refractivity (Wildman–Crippen MR) is 87.6 cm³/mol. The van der Waals surface area contributed by atoms with E-state index in [1.54, 1.807) is 31.4 Å². The second-order valence-electron chi connectivity index (χ2n) is 4.54. The second-order valence-corrected chi connectivity index (χ2v) is 6.52. The van der Waals surface area contributed by atoms with Gasteiger partial charge in [0.05, 0.1) is 12.4 Å². The first kappa shape index (κ1) is 15.8. The highest BCUT2D eigenvalue weighted by atomic mass is 32.2. The average molecular weight is 324 g/mol. The molecule has 1 fully saturated rings. The number of hydrogen-bond donors (Lipinski definition) is 1. The summed E-state index contributed by atoms with van der Waals surface area (Å²) in [5.41, 5.74) is 0.693. The molecule has 0 bridgehead atoms. The molecule has 1 unspecified atom stereocenters. The van der Waals surface area contributed by atoms with E-state index in [-0.39, 0.29) is 23.5 Å². The van der Waals surface area contributed by atoms with Crippen molar-refractivity contribution in [2.75, 3.05) is 19.0 Å². The molecule has 5 nitrogen and oxygen atoms in total. The smallest absolute Gasteiger partial charge is 0.241 e. The fourth-order valence-corrected chi connectivity index (χ4v) is 3.34. The highest BCUT2D eigenvalue weighted by Gasteiger charge is 2.33. The minimum atomic E-state index is -0.152. The number of benzene rings is 1.